The molecule has 0 saturated heterocycles. The molecule has 0 spiro atoms. The molecule has 2 aromatic heterocycles. The maximum Gasteiger partial charge on any atom is 0.238 e. The zero-order chi connectivity index (χ0) is 24.1. The second kappa shape index (κ2) is 10.1. The topological polar surface area (TPSA) is 120 Å². The van der Waals surface area contributed by atoms with Crippen molar-refractivity contribution in [2.75, 3.05) is 0 Å². The van der Waals surface area contributed by atoms with Crippen LogP contribution in [0.4, 0.5) is 0 Å². The lowest BCUT2D eigenvalue weighted by molar-refractivity contribution is -0.121. The summed E-state index contributed by atoms with van der Waals surface area (Å²) in [5.74, 6) is 0.604. The highest BCUT2D eigenvalue weighted by Crippen LogP contribution is 2.23. The third kappa shape index (κ3) is 5.32. The number of primary sulfonamides is 1. The molecular weight excluding hydrogens is 450 g/mol. The molecule has 2 aromatic carbocycles. The number of aryl methyl sites for hydroxylation is 2. The summed E-state index contributed by atoms with van der Waals surface area (Å²) in [5, 5.41) is 8.37. The largest absolute Gasteiger partial charge is 0.344 e. The van der Waals surface area contributed by atoms with Crippen LogP contribution in [0.5, 0.6) is 0 Å². The first-order valence-electron chi connectivity index (χ1n) is 11.1. The Morgan fingerprint density at radius 2 is 1.85 bits per heavy atom. The van der Waals surface area contributed by atoms with Gasteiger partial charge in [-0.3, -0.25) is 9.78 Å². The minimum absolute atomic E-state index is 0.0199. The maximum absolute atomic E-state index is 13.0. The third-order valence-corrected chi connectivity index (χ3v) is 6.48. The van der Waals surface area contributed by atoms with Crippen LogP contribution in [0.25, 0.3) is 11.0 Å². The average molecular weight is 478 g/mol. The van der Waals surface area contributed by atoms with Crippen molar-refractivity contribution in [1.82, 2.24) is 19.9 Å². The Balaban J connectivity index is 1.55. The quantitative estimate of drug-likeness (QED) is 0.383. The number of amides is 1. The van der Waals surface area contributed by atoms with E-state index >= 15 is 0 Å². The zero-order valence-electron chi connectivity index (χ0n) is 18.9. The molecule has 0 aliphatic carbocycles. The molecule has 1 unspecified atom stereocenters. The number of carbonyl (C=O) groups excluding carboxylic acids is 1. The lowest BCUT2D eigenvalue weighted by atomic mass is 10.0. The fraction of sp³-hybridized carbons (Fsp3) is 0.240. The van der Waals surface area contributed by atoms with E-state index < -0.39 is 10.0 Å². The summed E-state index contributed by atoms with van der Waals surface area (Å²) in [4.78, 5) is 22.0. The summed E-state index contributed by atoms with van der Waals surface area (Å²) < 4.78 is 25.5. The van der Waals surface area contributed by atoms with E-state index in [0.29, 0.717) is 18.5 Å². The number of nitrogens with one attached hydrogen (secondary N) is 1. The molecule has 1 amide bonds. The molecule has 34 heavy (non-hydrogen) atoms. The third-order valence-electron chi connectivity index (χ3n) is 5.57. The standard InChI is InChI=1S/C25H27N5O3S/c1-2-16-30-22-12-11-19(34(26,32)33)17-21(22)28-23(30)13-14-24(31)29-25(18-8-4-3-5-9-18)20-10-6-7-15-27-20/h3-12,15,17,25H,2,13-14,16H2,1H3,(H,29,31)(H2,26,32,33). The first-order chi connectivity index (χ1) is 16.4. The fourth-order valence-electron chi connectivity index (χ4n) is 3.98. The summed E-state index contributed by atoms with van der Waals surface area (Å²) in [7, 11) is -3.82. The van der Waals surface area contributed by atoms with Crippen LogP contribution in [-0.2, 0) is 27.8 Å². The number of rotatable bonds is 9. The average Bonchev–Trinajstić information content (AvgIpc) is 3.19. The number of benzene rings is 2. The highest BCUT2D eigenvalue weighted by Gasteiger charge is 2.19. The summed E-state index contributed by atoms with van der Waals surface area (Å²) in [5.41, 5.74) is 3.07. The number of imidazole rings is 1. The smallest absolute Gasteiger partial charge is 0.238 e. The van der Waals surface area contributed by atoms with Crippen molar-refractivity contribution < 1.29 is 13.2 Å². The van der Waals surface area contributed by atoms with E-state index in [9.17, 15) is 13.2 Å². The van der Waals surface area contributed by atoms with Crippen molar-refractivity contribution >= 4 is 27.0 Å². The van der Waals surface area contributed by atoms with E-state index in [4.69, 9.17) is 5.14 Å². The van der Waals surface area contributed by atoms with Crippen LogP contribution >= 0.6 is 0 Å². The Morgan fingerprint density at radius 3 is 2.53 bits per heavy atom. The number of hydrogen-bond acceptors (Lipinski definition) is 5. The van der Waals surface area contributed by atoms with Gasteiger partial charge in [-0.25, -0.2) is 18.5 Å². The molecule has 176 valence electrons. The fourth-order valence-corrected chi connectivity index (χ4v) is 4.51. The van der Waals surface area contributed by atoms with Gasteiger partial charge in [0.1, 0.15) is 5.82 Å². The van der Waals surface area contributed by atoms with Gasteiger partial charge in [-0.05, 0) is 42.3 Å². The van der Waals surface area contributed by atoms with Gasteiger partial charge >= 0.3 is 0 Å². The second-order valence-corrected chi connectivity index (χ2v) is 9.60. The summed E-state index contributed by atoms with van der Waals surface area (Å²) in [6, 6.07) is 19.7. The molecule has 9 heteroatoms. The van der Waals surface area contributed by atoms with Gasteiger partial charge < -0.3 is 9.88 Å². The lowest BCUT2D eigenvalue weighted by Crippen LogP contribution is -2.30. The van der Waals surface area contributed by atoms with Gasteiger partial charge in [-0.15, -0.1) is 0 Å². The van der Waals surface area contributed by atoms with Crippen molar-refractivity contribution in [2.45, 2.75) is 43.7 Å². The molecule has 0 radical (unpaired) electrons. The normalized spacial score (nSPS) is 12.5. The Hall–Kier alpha value is -3.56. The summed E-state index contributed by atoms with van der Waals surface area (Å²) >= 11 is 0. The van der Waals surface area contributed by atoms with E-state index in [2.05, 4.69) is 22.2 Å². The monoisotopic (exact) mass is 477 g/mol. The number of hydrogen-bond donors (Lipinski definition) is 2. The highest BCUT2D eigenvalue weighted by molar-refractivity contribution is 7.89. The van der Waals surface area contributed by atoms with Crippen LogP contribution in [0.15, 0.2) is 77.8 Å². The van der Waals surface area contributed by atoms with Gasteiger partial charge in [0, 0.05) is 25.6 Å². The molecule has 0 aliphatic rings. The Kier molecular flexibility index (Phi) is 7.04. The minimum Gasteiger partial charge on any atom is -0.344 e. The van der Waals surface area contributed by atoms with E-state index in [1.807, 2.05) is 53.1 Å². The van der Waals surface area contributed by atoms with Gasteiger partial charge in [0.05, 0.1) is 27.7 Å². The van der Waals surface area contributed by atoms with Gasteiger partial charge in [0.25, 0.3) is 0 Å². The Labute approximate surface area is 198 Å². The number of nitrogens with two attached hydrogens (primary N) is 1. The molecule has 8 nitrogen and oxygen atoms in total. The van der Waals surface area contributed by atoms with Gasteiger partial charge in [0.2, 0.25) is 15.9 Å². The van der Waals surface area contributed by atoms with Gasteiger partial charge in [-0.2, -0.15) is 0 Å². The number of aromatic nitrogens is 3. The first kappa shape index (κ1) is 23.6. The number of carbonyl (C=O) groups is 1. The first-order valence-corrected chi connectivity index (χ1v) is 12.7. The molecule has 2 heterocycles. The molecule has 0 aliphatic heterocycles. The molecule has 0 fully saturated rings. The molecule has 4 rings (SSSR count). The summed E-state index contributed by atoms with van der Waals surface area (Å²) in [6.07, 6.45) is 3.22. The van der Waals surface area contributed by atoms with Gasteiger partial charge in [-0.1, -0.05) is 43.3 Å². The van der Waals surface area contributed by atoms with Crippen molar-refractivity contribution in [3.8, 4) is 0 Å². The van der Waals surface area contributed by atoms with E-state index in [1.54, 1.807) is 12.3 Å². The van der Waals surface area contributed by atoms with Gasteiger partial charge in [0.15, 0.2) is 0 Å². The molecule has 4 aromatic rings. The van der Waals surface area contributed by atoms with E-state index in [-0.39, 0.29) is 23.3 Å². The van der Waals surface area contributed by atoms with Crippen LogP contribution in [0, 0.1) is 0 Å². The number of nitrogens with zero attached hydrogens (tertiary/aromatic N) is 3. The molecule has 1 atom stereocenters. The van der Waals surface area contributed by atoms with Crippen molar-refractivity contribution in [3.63, 3.8) is 0 Å². The molecule has 0 bridgehead atoms. The van der Waals surface area contributed by atoms with Crippen LogP contribution in [0.3, 0.4) is 0 Å². The molecule has 0 saturated carbocycles. The predicted octanol–water partition coefficient (Wildman–Crippen LogP) is 3.33. The van der Waals surface area contributed by atoms with Crippen LogP contribution < -0.4 is 10.5 Å². The SMILES string of the molecule is CCCn1c(CCC(=O)NC(c2ccccc2)c2ccccn2)nc2cc(S(N)(=O)=O)ccc21. The minimum atomic E-state index is -3.82. The lowest BCUT2D eigenvalue weighted by Gasteiger charge is -2.19. The maximum atomic E-state index is 13.0. The number of sulfonamides is 1. The van der Waals surface area contributed by atoms with Crippen LogP contribution in [-0.4, -0.2) is 28.9 Å². The Bertz CT molecular complexity index is 1350. The highest BCUT2D eigenvalue weighted by atomic mass is 32.2. The summed E-state index contributed by atoms with van der Waals surface area (Å²) in [6.45, 7) is 2.76. The van der Waals surface area contributed by atoms with Crippen molar-refractivity contribution in [3.05, 3.63) is 90.0 Å². The molecular formula is C25H27N5O3S. The molecule has 3 N–H and O–H groups in total. The number of fused-ring (bicyclic) bond motifs is 1. The Morgan fingerprint density at radius 1 is 1.09 bits per heavy atom. The van der Waals surface area contributed by atoms with Crippen LogP contribution in [0.2, 0.25) is 0 Å². The predicted molar refractivity (Wildman–Crippen MR) is 130 cm³/mol. The van der Waals surface area contributed by atoms with Crippen molar-refractivity contribution in [2.24, 2.45) is 5.14 Å². The van der Waals surface area contributed by atoms with E-state index in [0.717, 1.165) is 29.0 Å². The number of pyridine rings is 1. The second-order valence-electron chi connectivity index (χ2n) is 8.04. The van der Waals surface area contributed by atoms with Crippen molar-refractivity contribution in [1.29, 1.82) is 0 Å². The van der Waals surface area contributed by atoms with Crippen LogP contribution in [0.1, 0.15) is 42.9 Å². The zero-order valence-corrected chi connectivity index (χ0v) is 19.7. The van der Waals surface area contributed by atoms with E-state index in [1.165, 1.54) is 12.1 Å².